The van der Waals surface area contributed by atoms with Gasteiger partial charge in [0.25, 0.3) is 5.91 Å². The first-order chi connectivity index (χ1) is 12.0. The number of pyridine rings is 1. The lowest BCUT2D eigenvalue weighted by Gasteiger charge is -2.14. The number of nitrogens with zero attached hydrogens (tertiary/aromatic N) is 1. The number of aromatic nitrogens is 1. The second-order valence-corrected chi connectivity index (χ2v) is 6.35. The van der Waals surface area contributed by atoms with Crippen LogP contribution in [0, 0.1) is 5.92 Å². The predicted octanol–water partition coefficient (Wildman–Crippen LogP) is 3.17. The van der Waals surface area contributed by atoms with E-state index >= 15 is 0 Å². The topological polar surface area (TPSA) is 97.1 Å². The largest absolute Gasteiger partial charge is 0.351 e. The SMILES string of the molecule is CC(C)C[C@H](N)C(=O)NCc1ccc(NC(=O)c2cccnc2)cc1.Cl.Cl. The fraction of sp³-hybridized carbons (Fsp3) is 0.316. The highest BCUT2D eigenvalue weighted by molar-refractivity contribution is 6.04. The molecule has 2 amide bonds. The van der Waals surface area contributed by atoms with Crippen molar-refractivity contribution in [1.29, 1.82) is 0 Å². The summed E-state index contributed by atoms with van der Waals surface area (Å²) < 4.78 is 0. The average molecular weight is 413 g/mol. The first-order valence-electron chi connectivity index (χ1n) is 8.29. The summed E-state index contributed by atoms with van der Waals surface area (Å²) in [6.07, 6.45) is 3.79. The monoisotopic (exact) mass is 412 g/mol. The van der Waals surface area contributed by atoms with Crippen molar-refractivity contribution in [3.63, 3.8) is 0 Å². The van der Waals surface area contributed by atoms with E-state index in [1.807, 2.05) is 26.0 Å². The van der Waals surface area contributed by atoms with Crippen molar-refractivity contribution in [2.45, 2.75) is 32.9 Å². The number of rotatable bonds is 7. The molecule has 2 rings (SSSR count). The number of nitrogens with one attached hydrogen (secondary N) is 2. The molecule has 0 saturated carbocycles. The molecule has 0 aliphatic heterocycles. The minimum absolute atomic E-state index is 0. The number of nitrogens with two attached hydrogens (primary N) is 1. The standard InChI is InChI=1S/C19H24N4O2.2ClH/c1-13(2)10-17(20)19(25)22-11-14-5-7-16(8-6-14)23-18(24)15-4-3-9-21-12-15;;/h3-9,12-13,17H,10-11,20H2,1-2H3,(H,22,25)(H,23,24);2*1H/t17-;;/m0../s1. The number of carbonyl (C=O) groups excluding carboxylic acids is 2. The van der Waals surface area contributed by atoms with Gasteiger partial charge in [0.15, 0.2) is 0 Å². The van der Waals surface area contributed by atoms with Gasteiger partial charge in [0.1, 0.15) is 0 Å². The Hall–Kier alpha value is -2.15. The van der Waals surface area contributed by atoms with Crippen LogP contribution < -0.4 is 16.4 Å². The van der Waals surface area contributed by atoms with Gasteiger partial charge < -0.3 is 16.4 Å². The van der Waals surface area contributed by atoms with Gasteiger partial charge in [-0.25, -0.2) is 0 Å². The van der Waals surface area contributed by atoms with Crippen LogP contribution in [0.3, 0.4) is 0 Å². The molecule has 6 nitrogen and oxygen atoms in total. The number of anilines is 1. The molecule has 2 aromatic rings. The summed E-state index contributed by atoms with van der Waals surface area (Å²) in [4.78, 5) is 27.9. The van der Waals surface area contributed by atoms with Crippen LogP contribution in [-0.4, -0.2) is 22.8 Å². The third-order valence-corrected chi connectivity index (χ3v) is 3.66. The highest BCUT2D eigenvalue weighted by Gasteiger charge is 2.14. The number of amides is 2. The van der Waals surface area contributed by atoms with Crippen molar-refractivity contribution >= 4 is 42.3 Å². The smallest absolute Gasteiger partial charge is 0.257 e. The maximum Gasteiger partial charge on any atom is 0.257 e. The van der Waals surface area contributed by atoms with Gasteiger partial charge in [-0.15, -0.1) is 24.8 Å². The number of benzene rings is 1. The Morgan fingerprint density at radius 3 is 2.33 bits per heavy atom. The Morgan fingerprint density at radius 1 is 1.11 bits per heavy atom. The second-order valence-electron chi connectivity index (χ2n) is 6.35. The molecular weight excluding hydrogens is 387 g/mol. The van der Waals surface area contributed by atoms with E-state index in [2.05, 4.69) is 15.6 Å². The first kappa shape index (κ1) is 24.8. The molecule has 0 saturated heterocycles. The lowest BCUT2D eigenvalue weighted by atomic mass is 10.0. The lowest BCUT2D eigenvalue weighted by Crippen LogP contribution is -2.41. The molecule has 27 heavy (non-hydrogen) atoms. The van der Waals surface area contributed by atoms with Crippen molar-refractivity contribution in [3.8, 4) is 0 Å². The zero-order valence-corrected chi connectivity index (χ0v) is 17.0. The van der Waals surface area contributed by atoms with E-state index in [1.165, 1.54) is 6.20 Å². The van der Waals surface area contributed by atoms with Gasteiger partial charge in [-0.3, -0.25) is 14.6 Å². The molecule has 0 radical (unpaired) electrons. The Morgan fingerprint density at radius 2 is 1.78 bits per heavy atom. The van der Waals surface area contributed by atoms with E-state index in [0.29, 0.717) is 30.1 Å². The lowest BCUT2D eigenvalue weighted by molar-refractivity contribution is -0.122. The molecule has 1 atom stereocenters. The zero-order valence-electron chi connectivity index (χ0n) is 15.3. The zero-order chi connectivity index (χ0) is 18.2. The van der Waals surface area contributed by atoms with Crippen molar-refractivity contribution in [2.75, 3.05) is 5.32 Å². The summed E-state index contributed by atoms with van der Waals surface area (Å²) in [6, 6.07) is 10.2. The average Bonchev–Trinajstić information content (AvgIpc) is 2.61. The van der Waals surface area contributed by atoms with E-state index in [1.54, 1.807) is 30.5 Å². The van der Waals surface area contributed by atoms with Crippen LogP contribution in [0.1, 0.15) is 36.2 Å². The van der Waals surface area contributed by atoms with Crippen molar-refractivity contribution in [3.05, 3.63) is 59.9 Å². The van der Waals surface area contributed by atoms with Crippen LogP contribution in [0.5, 0.6) is 0 Å². The maximum absolute atomic E-state index is 12.1. The number of halogens is 2. The Kier molecular flexibility index (Phi) is 11.3. The van der Waals surface area contributed by atoms with Gasteiger partial charge in [0.05, 0.1) is 11.6 Å². The van der Waals surface area contributed by atoms with Crippen molar-refractivity contribution < 1.29 is 9.59 Å². The van der Waals surface area contributed by atoms with Gasteiger partial charge >= 0.3 is 0 Å². The minimum Gasteiger partial charge on any atom is -0.351 e. The van der Waals surface area contributed by atoms with Crippen LogP contribution in [-0.2, 0) is 11.3 Å². The van der Waals surface area contributed by atoms with Crippen molar-refractivity contribution in [2.24, 2.45) is 11.7 Å². The molecule has 8 heteroatoms. The molecule has 1 heterocycles. The molecule has 0 unspecified atom stereocenters. The third kappa shape index (κ3) is 8.39. The molecule has 1 aromatic heterocycles. The molecular formula is C19H26Cl2N4O2. The summed E-state index contributed by atoms with van der Waals surface area (Å²) in [5, 5.41) is 5.63. The van der Waals surface area contributed by atoms with Gasteiger partial charge in [-0.05, 0) is 42.2 Å². The number of hydrogen-bond acceptors (Lipinski definition) is 4. The summed E-state index contributed by atoms with van der Waals surface area (Å²) >= 11 is 0. The summed E-state index contributed by atoms with van der Waals surface area (Å²) in [6.45, 7) is 4.47. The van der Waals surface area contributed by atoms with Crippen LogP contribution in [0.15, 0.2) is 48.8 Å². The highest BCUT2D eigenvalue weighted by atomic mass is 35.5. The van der Waals surface area contributed by atoms with Gasteiger partial charge in [-0.1, -0.05) is 26.0 Å². The number of hydrogen-bond donors (Lipinski definition) is 3. The summed E-state index contributed by atoms with van der Waals surface area (Å²) in [7, 11) is 0. The van der Waals surface area contributed by atoms with Gasteiger partial charge in [0.2, 0.25) is 5.91 Å². The molecule has 0 bridgehead atoms. The predicted molar refractivity (Wildman–Crippen MR) is 112 cm³/mol. The maximum atomic E-state index is 12.1. The van der Waals surface area contributed by atoms with Crippen LogP contribution >= 0.6 is 24.8 Å². The van der Waals surface area contributed by atoms with Gasteiger partial charge in [-0.2, -0.15) is 0 Å². The second kappa shape index (κ2) is 12.3. The quantitative estimate of drug-likeness (QED) is 0.650. The van der Waals surface area contributed by atoms with E-state index in [0.717, 1.165) is 5.56 Å². The summed E-state index contributed by atoms with van der Waals surface area (Å²) in [5.41, 5.74) is 7.97. The molecule has 1 aromatic carbocycles. The van der Waals surface area contributed by atoms with Crippen LogP contribution in [0.25, 0.3) is 0 Å². The third-order valence-electron chi connectivity index (χ3n) is 3.66. The first-order valence-corrected chi connectivity index (χ1v) is 8.29. The fourth-order valence-corrected chi connectivity index (χ4v) is 2.34. The highest BCUT2D eigenvalue weighted by Crippen LogP contribution is 2.11. The minimum atomic E-state index is -0.488. The van der Waals surface area contributed by atoms with Gasteiger partial charge in [0, 0.05) is 24.6 Å². The Bertz CT molecular complexity index is 709. The van der Waals surface area contributed by atoms with E-state index in [4.69, 9.17) is 5.73 Å². The van der Waals surface area contributed by atoms with E-state index in [-0.39, 0.29) is 36.6 Å². The van der Waals surface area contributed by atoms with Crippen molar-refractivity contribution in [1.82, 2.24) is 10.3 Å². The number of carbonyl (C=O) groups is 2. The molecule has 0 aliphatic carbocycles. The molecule has 0 spiro atoms. The Balaban J connectivity index is 0.00000338. The van der Waals surface area contributed by atoms with Crippen LogP contribution in [0.4, 0.5) is 5.69 Å². The molecule has 4 N–H and O–H groups in total. The Labute approximate surface area is 172 Å². The molecule has 148 valence electrons. The van der Waals surface area contributed by atoms with Crippen LogP contribution in [0.2, 0.25) is 0 Å². The molecule has 0 aliphatic rings. The van der Waals surface area contributed by atoms with E-state index in [9.17, 15) is 9.59 Å². The van der Waals surface area contributed by atoms with E-state index < -0.39 is 6.04 Å². The normalized spacial score (nSPS) is 11.0. The summed E-state index contributed by atoms with van der Waals surface area (Å²) in [5.74, 6) is 0.0138. The fourth-order valence-electron chi connectivity index (χ4n) is 2.34. The molecule has 0 fully saturated rings.